The molecule has 1 atom stereocenters. The minimum absolute atomic E-state index is 0.480. The van der Waals surface area contributed by atoms with Gasteiger partial charge in [-0.05, 0) is 42.4 Å². The Bertz CT molecular complexity index is 446. The first kappa shape index (κ1) is 15.5. The van der Waals surface area contributed by atoms with Gasteiger partial charge in [0, 0.05) is 24.0 Å². The predicted molar refractivity (Wildman–Crippen MR) is 83.0 cm³/mol. The van der Waals surface area contributed by atoms with Gasteiger partial charge in [0.15, 0.2) is 0 Å². The Morgan fingerprint density at radius 3 is 2.79 bits per heavy atom. The summed E-state index contributed by atoms with van der Waals surface area (Å²) in [6.45, 7) is 10.3. The molecule has 1 heterocycles. The molecule has 0 aliphatic rings. The van der Waals surface area contributed by atoms with Gasteiger partial charge < -0.3 is 5.73 Å². The number of allylic oxidation sites excluding steroid dienone is 3. The van der Waals surface area contributed by atoms with Gasteiger partial charge in [0.05, 0.1) is 0 Å². The summed E-state index contributed by atoms with van der Waals surface area (Å²) in [6, 6.07) is 4.14. The van der Waals surface area contributed by atoms with Crippen molar-refractivity contribution in [1.82, 2.24) is 4.98 Å². The molecule has 0 spiro atoms. The molecule has 1 rings (SSSR count). The van der Waals surface area contributed by atoms with E-state index in [9.17, 15) is 0 Å². The van der Waals surface area contributed by atoms with Crippen LogP contribution in [0.3, 0.4) is 0 Å². The van der Waals surface area contributed by atoms with Crippen LogP contribution in [0.25, 0.3) is 0 Å². The van der Waals surface area contributed by atoms with Crippen LogP contribution in [0.2, 0.25) is 0 Å². The third-order valence-corrected chi connectivity index (χ3v) is 3.66. The number of nitrogens with zero attached hydrogens (tertiary/aromatic N) is 1. The maximum absolute atomic E-state index is 6.26. The number of hydrogen-bond acceptors (Lipinski definition) is 2. The van der Waals surface area contributed by atoms with Crippen LogP contribution >= 0.6 is 0 Å². The molecular weight excluding hydrogens is 232 g/mol. The monoisotopic (exact) mass is 258 g/mol. The number of rotatable bonds is 7. The number of hydrogen-bond donors (Lipinski definition) is 1. The van der Waals surface area contributed by atoms with E-state index in [-0.39, 0.29) is 0 Å². The summed E-state index contributed by atoms with van der Waals surface area (Å²) < 4.78 is 0. The van der Waals surface area contributed by atoms with E-state index < -0.39 is 0 Å². The van der Waals surface area contributed by atoms with Crippen molar-refractivity contribution < 1.29 is 0 Å². The van der Waals surface area contributed by atoms with Crippen LogP contribution in [0.1, 0.15) is 57.2 Å². The van der Waals surface area contributed by atoms with Crippen molar-refractivity contribution in [1.29, 1.82) is 0 Å². The van der Waals surface area contributed by atoms with Crippen molar-refractivity contribution in [2.24, 2.45) is 5.73 Å². The van der Waals surface area contributed by atoms with Crippen LogP contribution < -0.4 is 5.73 Å². The van der Waals surface area contributed by atoms with E-state index in [1.165, 1.54) is 16.8 Å². The quantitative estimate of drug-likeness (QED) is 0.739. The topological polar surface area (TPSA) is 38.9 Å². The summed E-state index contributed by atoms with van der Waals surface area (Å²) in [7, 11) is 0. The fourth-order valence-electron chi connectivity index (χ4n) is 2.24. The summed E-state index contributed by atoms with van der Waals surface area (Å²) in [5, 5.41) is 0. The van der Waals surface area contributed by atoms with Crippen molar-refractivity contribution in [3.05, 3.63) is 53.5 Å². The summed E-state index contributed by atoms with van der Waals surface area (Å²) in [5.41, 5.74) is 11.0. The lowest BCUT2D eigenvalue weighted by molar-refractivity contribution is 0.696. The van der Waals surface area contributed by atoms with Crippen LogP contribution in [0.5, 0.6) is 0 Å². The van der Waals surface area contributed by atoms with Gasteiger partial charge in [-0.25, -0.2) is 0 Å². The lowest BCUT2D eigenvalue weighted by Crippen LogP contribution is -2.09. The molecule has 2 heteroatoms. The largest absolute Gasteiger partial charge is 0.402 e. The molecule has 0 fully saturated rings. The first-order valence-corrected chi connectivity index (χ1v) is 7.15. The van der Waals surface area contributed by atoms with E-state index >= 15 is 0 Å². The van der Waals surface area contributed by atoms with Crippen molar-refractivity contribution >= 4 is 0 Å². The summed E-state index contributed by atoms with van der Waals surface area (Å²) >= 11 is 0. The number of aromatic nitrogens is 1. The second kappa shape index (κ2) is 7.78. The van der Waals surface area contributed by atoms with E-state index in [0.29, 0.717) is 5.92 Å². The molecule has 0 aromatic carbocycles. The van der Waals surface area contributed by atoms with Crippen LogP contribution in [0.15, 0.2) is 42.3 Å². The molecule has 0 amide bonds. The van der Waals surface area contributed by atoms with E-state index in [2.05, 4.69) is 38.4 Å². The zero-order chi connectivity index (χ0) is 14.3. The van der Waals surface area contributed by atoms with Crippen molar-refractivity contribution in [2.75, 3.05) is 0 Å². The molecule has 104 valence electrons. The molecule has 19 heavy (non-hydrogen) atoms. The highest BCUT2D eigenvalue weighted by Gasteiger charge is 2.11. The van der Waals surface area contributed by atoms with Gasteiger partial charge in [-0.1, -0.05) is 32.9 Å². The maximum Gasteiger partial charge on any atom is 0.0467 e. The molecule has 0 bridgehead atoms. The Balaban J connectivity index is 3.01. The normalized spacial score (nSPS) is 13.8. The van der Waals surface area contributed by atoms with Gasteiger partial charge >= 0.3 is 0 Å². The van der Waals surface area contributed by atoms with Crippen molar-refractivity contribution in [2.45, 2.75) is 52.4 Å². The molecular formula is C17H26N2. The van der Waals surface area contributed by atoms with Crippen LogP contribution in [-0.4, -0.2) is 4.98 Å². The van der Waals surface area contributed by atoms with Gasteiger partial charge in [-0.2, -0.15) is 0 Å². The molecule has 0 aliphatic carbocycles. The van der Waals surface area contributed by atoms with E-state index in [1.54, 1.807) is 0 Å². The zero-order valence-corrected chi connectivity index (χ0v) is 12.4. The van der Waals surface area contributed by atoms with Crippen LogP contribution in [-0.2, 0) is 6.42 Å². The Labute approximate surface area is 117 Å². The molecule has 2 nitrogen and oxygen atoms in total. The minimum atomic E-state index is 0.480. The lowest BCUT2D eigenvalue weighted by Gasteiger charge is -2.15. The Morgan fingerprint density at radius 2 is 2.21 bits per heavy atom. The number of pyridine rings is 1. The average Bonchev–Trinajstić information content (AvgIpc) is 2.44. The maximum atomic E-state index is 6.26. The van der Waals surface area contributed by atoms with Crippen LogP contribution in [0, 0.1) is 0 Å². The Hall–Kier alpha value is -1.57. The predicted octanol–water partition coefficient (Wildman–Crippen LogP) is 4.34. The van der Waals surface area contributed by atoms with E-state index in [1.807, 2.05) is 18.3 Å². The van der Waals surface area contributed by atoms with E-state index in [0.717, 1.165) is 31.4 Å². The number of nitrogens with two attached hydrogens (primary N) is 1. The molecule has 1 aromatic rings. The highest BCUT2D eigenvalue weighted by Crippen LogP contribution is 2.23. The SMILES string of the molecule is C=CC/C(CC)=C(\N)Cc1cccnc1C(C)CC. The summed E-state index contributed by atoms with van der Waals surface area (Å²) in [6.07, 6.45) is 7.55. The van der Waals surface area contributed by atoms with Gasteiger partial charge in [0.1, 0.15) is 0 Å². The molecule has 0 saturated heterocycles. The standard InChI is InChI=1S/C17H26N2/c1-5-9-14(7-3)16(18)12-15-10-8-11-19-17(15)13(4)6-2/h5,8,10-11,13H,1,6-7,9,12,18H2,2-4H3/b16-14-. The summed E-state index contributed by atoms with van der Waals surface area (Å²) in [5.74, 6) is 0.480. The first-order chi connectivity index (χ1) is 9.13. The third kappa shape index (κ3) is 4.23. The highest BCUT2D eigenvalue weighted by molar-refractivity contribution is 5.29. The minimum Gasteiger partial charge on any atom is -0.402 e. The van der Waals surface area contributed by atoms with Crippen molar-refractivity contribution in [3.8, 4) is 0 Å². The zero-order valence-electron chi connectivity index (χ0n) is 12.4. The van der Waals surface area contributed by atoms with Gasteiger partial charge in [0.2, 0.25) is 0 Å². The third-order valence-electron chi connectivity index (χ3n) is 3.66. The molecule has 1 unspecified atom stereocenters. The fraction of sp³-hybridized carbons (Fsp3) is 0.471. The van der Waals surface area contributed by atoms with Gasteiger partial charge in [-0.15, -0.1) is 6.58 Å². The highest BCUT2D eigenvalue weighted by atomic mass is 14.7. The second-order valence-electron chi connectivity index (χ2n) is 5.01. The molecule has 0 radical (unpaired) electrons. The molecule has 0 aliphatic heterocycles. The van der Waals surface area contributed by atoms with E-state index in [4.69, 9.17) is 5.73 Å². The first-order valence-electron chi connectivity index (χ1n) is 7.15. The molecule has 0 saturated carbocycles. The van der Waals surface area contributed by atoms with Crippen LogP contribution in [0.4, 0.5) is 0 Å². The van der Waals surface area contributed by atoms with Gasteiger partial charge in [-0.3, -0.25) is 4.98 Å². The van der Waals surface area contributed by atoms with Crippen molar-refractivity contribution in [3.63, 3.8) is 0 Å². The van der Waals surface area contributed by atoms with Gasteiger partial charge in [0.25, 0.3) is 0 Å². The Kier molecular flexibility index (Phi) is 6.34. The summed E-state index contributed by atoms with van der Waals surface area (Å²) in [4.78, 5) is 4.54. The lowest BCUT2D eigenvalue weighted by atomic mass is 9.95. The Morgan fingerprint density at radius 1 is 1.47 bits per heavy atom. The molecule has 2 N–H and O–H groups in total. The molecule has 1 aromatic heterocycles. The average molecular weight is 258 g/mol. The second-order valence-corrected chi connectivity index (χ2v) is 5.01. The smallest absolute Gasteiger partial charge is 0.0467 e. The fourth-order valence-corrected chi connectivity index (χ4v) is 2.24.